The molecule has 0 bridgehead atoms. The summed E-state index contributed by atoms with van der Waals surface area (Å²) in [7, 11) is 8.69. The second-order valence-corrected chi connectivity index (χ2v) is 13.3. The van der Waals surface area contributed by atoms with Crippen LogP contribution in [-0.2, 0) is 0 Å². The van der Waals surface area contributed by atoms with E-state index in [1.165, 1.54) is 110 Å². The predicted molar refractivity (Wildman–Crippen MR) is 215 cm³/mol. The zero-order valence-electron chi connectivity index (χ0n) is 35.5. The summed E-state index contributed by atoms with van der Waals surface area (Å²) in [4.78, 5) is 12.4. The number of rotatable bonds is 8. The second kappa shape index (κ2) is 39.2. The van der Waals surface area contributed by atoms with Gasteiger partial charge in [0.1, 0.15) is 0 Å². The molecule has 0 aromatic heterocycles. The smallest absolute Gasteiger partial charge is 0.0235 e. The molecule has 6 heteroatoms. The van der Waals surface area contributed by atoms with Gasteiger partial charge in [-0.3, -0.25) is 9.80 Å². The third-order valence-corrected chi connectivity index (χ3v) is 8.70. The first-order chi connectivity index (χ1) is 22.1. The van der Waals surface area contributed by atoms with E-state index in [9.17, 15) is 0 Å². The number of likely N-dealkylation sites (N-methyl/N-ethyl adjacent to an activating group) is 4. The van der Waals surface area contributed by atoms with Crippen molar-refractivity contribution < 1.29 is 0 Å². The molecule has 4 saturated heterocycles. The molecule has 0 amide bonds. The Hall–Kier alpha value is -0.240. The molecule has 3 unspecified atom stereocenters. The molecule has 4 heterocycles. The van der Waals surface area contributed by atoms with Gasteiger partial charge in [-0.25, -0.2) is 0 Å². The maximum absolute atomic E-state index is 3.42. The van der Waals surface area contributed by atoms with E-state index in [0.29, 0.717) is 6.04 Å². The topological polar surface area (TPSA) is 28.2 Å². The quantitative estimate of drug-likeness (QED) is 0.280. The molecule has 1 N–H and O–H groups in total. The van der Waals surface area contributed by atoms with Gasteiger partial charge >= 0.3 is 0 Å². The molecule has 0 saturated carbocycles. The van der Waals surface area contributed by atoms with Crippen LogP contribution in [0.3, 0.4) is 0 Å². The molecular weight excluding hydrogens is 564 g/mol. The average Bonchev–Trinajstić information content (AvgIpc) is 3.87. The minimum absolute atomic E-state index is 0.667. The Morgan fingerprint density at radius 3 is 1.41 bits per heavy atom. The first-order valence-electron chi connectivity index (χ1n) is 20.3. The van der Waals surface area contributed by atoms with Crippen molar-refractivity contribution in [2.45, 2.75) is 166 Å². The Morgan fingerprint density at radius 2 is 1.04 bits per heavy atom. The number of hydrogen-bond donors (Lipinski definition) is 1. The van der Waals surface area contributed by atoms with Crippen LogP contribution in [0.2, 0.25) is 0 Å². The summed E-state index contributed by atoms with van der Waals surface area (Å²) in [5.41, 5.74) is 0. The number of likely N-dealkylation sites (tertiary alicyclic amines) is 2. The highest BCUT2D eigenvalue weighted by Crippen LogP contribution is 2.20. The molecule has 3 atom stereocenters. The molecule has 4 fully saturated rings. The van der Waals surface area contributed by atoms with Gasteiger partial charge in [-0.1, -0.05) is 109 Å². The van der Waals surface area contributed by atoms with Crippen LogP contribution in [-0.4, -0.2) is 136 Å². The number of unbranched alkanes of at least 4 members (excludes halogenated alkanes) is 1. The third-order valence-electron chi connectivity index (χ3n) is 8.70. The molecule has 4 rings (SSSR count). The largest absolute Gasteiger partial charge is 0.313 e. The van der Waals surface area contributed by atoms with Crippen LogP contribution < -0.4 is 5.32 Å². The summed E-state index contributed by atoms with van der Waals surface area (Å²) < 4.78 is 0. The molecule has 0 aliphatic carbocycles. The molecule has 0 aromatic rings. The normalized spacial score (nSPS) is 21.5. The highest BCUT2D eigenvalue weighted by Gasteiger charge is 2.29. The van der Waals surface area contributed by atoms with Crippen LogP contribution in [0, 0.1) is 5.92 Å². The van der Waals surface area contributed by atoms with Crippen molar-refractivity contribution in [2.75, 3.05) is 93.6 Å². The highest BCUT2D eigenvalue weighted by atomic mass is 15.3. The van der Waals surface area contributed by atoms with E-state index in [2.05, 4.69) is 106 Å². The Morgan fingerprint density at radius 1 is 0.609 bits per heavy atom. The van der Waals surface area contributed by atoms with Gasteiger partial charge < -0.3 is 20.0 Å². The zero-order valence-corrected chi connectivity index (χ0v) is 35.5. The van der Waals surface area contributed by atoms with Crippen LogP contribution in [0.1, 0.15) is 148 Å². The van der Waals surface area contributed by atoms with Crippen molar-refractivity contribution in [3.05, 3.63) is 0 Å². The van der Waals surface area contributed by atoms with E-state index < -0.39 is 0 Å². The summed E-state index contributed by atoms with van der Waals surface area (Å²) in [5.74, 6) is 0.884. The molecule has 284 valence electrons. The molecule has 4 aliphatic rings. The molecule has 4 aliphatic heterocycles. The van der Waals surface area contributed by atoms with E-state index in [1.54, 1.807) is 0 Å². The van der Waals surface area contributed by atoms with Gasteiger partial charge in [-0.2, -0.15) is 0 Å². The number of nitrogens with zero attached hydrogens (tertiary/aromatic N) is 5. The molecule has 0 aromatic carbocycles. The third kappa shape index (κ3) is 31.1. The van der Waals surface area contributed by atoms with E-state index in [4.69, 9.17) is 0 Å². The van der Waals surface area contributed by atoms with Gasteiger partial charge in [0.15, 0.2) is 0 Å². The van der Waals surface area contributed by atoms with Gasteiger partial charge in [0.05, 0.1) is 0 Å². The molecule has 6 nitrogen and oxygen atoms in total. The van der Waals surface area contributed by atoms with Crippen LogP contribution in [0.4, 0.5) is 0 Å². The second-order valence-electron chi connectivity index (χ2n) is 13.3. The fourth-order valence-electron chi connectivity index (χ4n) is 5.53. The molecule has 0 radical (unpaired) electrons. The zero-order chi connectivity index (χ0) is 36.3. The lowest BCUT2D eigenvalue weighted by molar-refractivity contribution is 0.124. The maximum atomic E-state index is 3.42. The Bertz CT molecular complexity index is 536. The predicted octanol–water partition coefficient (Wildman–Crippen LogP) is 9.06. The fourth-order valence-corrected chi connectivity index (χ4v) is 5.53. The minimum Gasteiger partial charge on any atom is -0.313 e. The van der Waals surface area contributed by atoms with Crippen LogP contribution in [0.25, 0.3) is 0 Å². The van der Waals surface area contributed by atoms with Crippen LogP contribution >= 0.6 is 0 Å². The SMILES string of the molecule is CC.CC.CC.CCC(C)C.CCCC.CCNC(CC)CN(C)C.CN1CCC(N2CCCC2)C1.CN1CCN2CCCC2C1. The number of nitrogens with one attached hydrogen (secondary N) is 1. The van der Waals surface area contributed by atoms with Crippen LogP contribution in [0.5, 0.6) is 0 Å². The van der Waals surface area contributed by atoms with Gasteiger partial charge in [0, 0.05) is 50.8 Å². The average molecular weight is 659 g/mol. The number of fused-ring (bicyclic) bond motifs is 1. The summed E-state index contributed by atoms with van der Waals surface area (Å²) in [6.45, 7) is 40.2. The molecule has 0 spiro atoms. The van der Waals surface area contributed by atoms with Gasteiger partial charge in [-0.05, 0) is 105 Å². The van der Waals surface area contributed by atoms with E-state index in [1.807, 2.05) is 41.5 Å². The van der Waals surface area contributed by atoms with Crippen molar-refractivity contribution in [2.24, 2.45) is 5.92 Å². The monoisotopic (exact) mass is 659 g/mol. The maximum Gasteiger partial charge on any atom is 0.0235 e. The lowest BCUT2D eigenvalue weighted by Crippen LogP contribution is -2.48. The Kier molecular flexibility index (Phi) is 44.8. The molecule has 46 heavy (non-hydrogen) atoms. The lowest BCUT2D eigenvalue weighted by Gasteiger charge is -2.35. The molecular formula is C40H94N6. The first kappa shape index (κ1) is 52.6. The van der Waals surface area contributed by atoms with E-state index >= 15 is 0 Å². The van der Waals surface area contributed by atoms with E-state index in [-0.39, 0.29) is 0 Å². The van der Waals surface area contributed by atoms with Gasteiger partial charge in [0.25, 0.3) is 0 Å². The summed E-state index contributed by atoms with van der Waals surface area (Å²) >= 11 is 0. The van der Waals surface area contributed by atoms with Crippen LogP contribution in [0.15, 0.2) is 0 Å². The van der Waals surface area contributed by atoms with Crippen molar-refractivity contribution in [1.29, 1.82) is 0 Å². The van der Waals surface area contributed by atoms with Gasteiger partial charge in [0.2, 0.25) is 0 Å². The van der Waals surface area contributed by atoms with Crippen molar-refractivity contribution in [3.63, 3.8) is 0 Å². The van der Waals surface area contributed by atoms with Crippen molar-refractivity contribution >= 4 is 0 Å². The minimum atomic E-state index is 0.667. The fraction of sp³-hybridized carbons (Fsp3) is 1.00. The Labute approximate surface area is 294 Å². The Balaban J connectivity index is -0.000000238. The summed E-state index contributed by atoms with van der Waals surface area (Å²) in [5, 5.41) is 3.42. The van der Waals surface area contributed by atoms with E-state index in [0.717, 1.165) is 31.1 Å². The number of hydrogen-bond acceptors (Lipinski definition) is 6. The standard InChI is InChI=1S/C9H18N2.C8H16N2.C8H20N2.C5H12.C4H10.3C2H6/c1-10-7-4-9(8-10)11-5-2-3-6-11;1-9-5-6-10-4-2-3-8(10)7-9;1-5-8(9-6-2)7-10(3)4;1-4-5(2)3;1-3-4-2;3*1-2/h9H,2-8H2,1H3;8H,2-7H2,1H3;8-9H,5-7H2,1-4H3;5H,4H2,1-3H3;3-4H2,1-2H3;3*1-2H3. The number of piperazine rings is 1. The highest BCUT2D eigenvalue weighted by molar-refractivity contribution is 4.85. The van der Waals surface area contributed by atoms with Crippen molar-refractivity contribution in [1.82, 2.24) is 29.8 Å². The summed E-state index contributed by atoms with van der Waals surface area (Å²) in [6, 6.07) is 2.46. The first-order valence-corrected chi connectivity index (χ1v) is 20.3. The summed E-state index contributed by atoms with van der Waals surface area (Å²) in [6.07, 6.45) is 12.3. The van der Waals surface area contributed by atoms with Crippen molar-refractivity contribution in [3.8, 4) is 0 Å². The lowest BCUT2D eigenvalue weighted by atomic mass is 10.2. The van der Waals surface area contributed by atoms with Gasteiger partial charge in [-0.15, -0.1) is 0 Å².